The number of rotatable bonds is 3. The average molecular weight is 278 g/mol. The molecule has 0 radical (unpaired) electrons. The lowest BCUT2D eigenvalue weighted by Crippen LogP contribution is -2.00. The van der Waals surface area contributed by atoms with E-state index >= 15 is 0 Å². The van der Waals surface area contributed by atoms with Gasteiger partial charge in [-0.3, -0.25) is 4.79 Å². The highest BCUT2D eigenvalue weighted by Gasteiger charge is 2.19. The molecule has 5 nitrogen and oxygen atoms in total. The number of hydrogen-bond acceptors (Lipinski definition) is 4. The Morgan fingerprint density at radius 3 is 2.65 bits per heavy atom. The summed E-state index contributed by atoms with van der Waals surface area (Å²) in [6.45, 7) is 4.11. The number of carboxylic acids is 1. The molecular formula is C15H18O5. The van der Waals surface area contributed by atoms with Gasteiger partial charge in [-0.1, -0.05) is 26.0 Å². The minimum Gasteiger partial charge on any atom is -0.504 e. The van der Waals surface area contributed by atoms with Crippen LogP contribution in [0.1, 0.15) is 48.1 Å². The van der Waals surface area contributed by atoms with Crippen molar-refractivity contribution in [3.8, 4) is 0 Å². The van der Waals surface area contributed by atoms with Crippen LogP contribution in [0.5, 0.6) is 0 Å². The summed E-state index contributed by atoms with van der Waals surface area (Å²) in [4.78, 5) is 21.0. The molecular weight excluding hydrogens is 260 g/mol. The van der Waals surface area contributed by atoms with Gasteiger partial charge in [-0.15, -0.1) is 0 Å². The number of hydrogen-bond donors (Lipinski definition) is 1. The molecule has 1 aromatic rings. The molecule has 0 aromatic carbocycles. The van der Waals surface area contributed by atoms with Crippen LogP contribution in [0.4, 0.5) is 0 Å². The third-order valence-corrected chi connectivity index (χ3v) is 2.55. The molecule has 0 spiro atoms. The van der Waals surface area contributed by atoms with Gasteiger partial charge in [0.1, 0.15) is 5.76 Å². The van der Waals surface area contributed by atoms with Gasteiger partial charge < -0.3 is 14.3 Å². The second-order valence-electron chi connectivity index (χ2n) is 4.49. The van der Waals surface area contributed by atoms with Crippen LogP contribution in [0.25, 0.3) is 6.08 Å². The predicted molar refractivity (Wildman–Crippen MR) is 74.6 cm³/mol. The van der Waals surface area contributed by atoms with Crippen LogP contribution in [-0.2, 0) is 9.53 Å². The molecule has 0 saturated heterocycles. The van der Waals surface area contributed by atoms with Crippen LogP contribution in [0.15, 0.2) is 28.9 Å². The van der Waals surface area contributed by atoms with E-state index < -0.39 is 5.97 Å². The molecule has 1 aliphatic rings. The quantitative estimate of drug-likeness (QED) is 0.678. The smallest absolute Gasteiger partial charge is 0.331 e. The van der Waals surface area contributed by atoms with Gasteiger partial charge >= 0.3 is 5.97 Å². The molecule has 0 bridgehead atoms. The Morgan fingerprint density at radius 2 is 2.20 bits per heavy atom. The largest absolute Gasteiger partial charge is 0.504 e. The average Bonchev–Trinajstić information content (AvgIpc) is 2.83. The normalized spacial score (nSPS) is 13.1. The summed E-state index contributed by atoms with van der Waals surface area (Å²) >= 11 is 0. The number of ketones is 1. The lowest BCUT2D eigenvalue weighted by atomic mass is 10.0. The predicted octanol–water partition coefficient (Wildman–Crippen LogP) is 3.23. The number of allylic oxidation sites excluding steroid dienone is 1. The molecule has 1 N–H and O–H groups in total. The number of furan rings is 1. The van der Waals surface area contributed by atoms with E-state index in [2.05, 4.69) is 18.6 Å². The Kier molecular flexibility index (Phi) is 5.77. The van der Waals surface area contributed by atoms with Crippen LogP contribution in [-0.4, -0.2) is 24.0 Å². The van der Waals surface area contributed by atoms with Gasteiger partial charge in [0.25, 0.3) is 0 Å². The number of carbonyl (C=O) groups excluding carboxylic acids is 1. The maximum absolute atomic E-state index is 11.4. The summed E-state index contributed by atoms with van der Waals surface area (Å²) < 4.78 is 9.77. The molecule has 20 heavy (non-hydrogen) atoms. The summed E-state index contributed by atoms with van der Waals surface area (Å²) in [5, 5.41) is 7.88. The topological polar surface area (TPSA) is 76.7 Å². The van der Waals surface area contributed by atoms with E-state index in [-0.39, 0.29) is 5.78 Å². The number of ether oxygens (including phenoxy) is 1. The molecule has 0 unspecified atom stereocenters. The van der Waals surface area contributed by atoms with Gasteiger partial charge in [-0.2, -0.15) is 0 Å². The first-order chi connectivity index (χ1) is 9.45. The molecule has 0 fully saturated rings. The minimum absolute atomic E-state index is 0.0874. The number of Topliss-reactive ketones (excluding diaryl/α,β-unsaturated/α-hetero) is 1. The number of fused-ring (bicyclic) bond motifs is 1. The van der Waals surface area contributed by atoms with Crippen LogP contribution >= 0.6 is 0 Å². The SMILES string of the molecule is CC(C)c1cc2c(o1)C(=O)CC=C2.CO/C=C/C(=O)O. The first-order valence-corrected chi connectivity index (χ1v) is 6.21. The molecule has 0 saturated carbocycles. The first-order valence-electron chi connectivity index (χ1n) is 6.21. The molecule has 5 heteroatoms. The van der Waals surface area contributed by atoms with Crippen molar-refractivity contribution in [1.29, 1.82) is 0 Å². The van der Waals surface area contributed by atoms with Gasteiger partial charge in [0.05, 0.1) is 19.4 Å². The van der Waals surface area contributed by atoms with Crippen LogP contribution in [0.2, 0.25) is 0 Å². The van der Waals surface area contributed by atoms with Crippen LogP contribution < -0.4 is 0 Å². The van der Waals surface area contributed by atoms with E-state index in [9.17, 15) is 9.59 Å². The second kappa shape index (κ2) is 7.33. The second-order valence-corrected chi connectivity index (χ2v) is 4.49. The summed E-state index contributed by atoms with van der Waals surface area (Å²) in [6.07, 6.45) is 6.32. The summed E-state index contributed by atoms with van der Waals surface area (Å²) in [7, 11) is 1.39. The van der Waals surface area contributed by atoms with Crippen molar-refractivity contribution in [2.45, 2.75) is 26.2 Å². The van der Waals surface area contributed by atoms with Crippen molar-refractivity contribution in [3.05, 3.63) is 41.6 Å². The van der Waals surface area contributed by atoms with Gasteiger partial charge in [-0.25, -0.2) is 4.79 Å². The van der Waals surface area contributed by atoms with Crippen molar-refractivity contribution in [1.82, 2.24) is 0 Å². The minimum atomic E-state index is -0.998. The molecule has 0 amide bonds. The lowest BCUT2D eigenvalue weighted by molar-refractivity contribution is -0.131. The molecule has 1 aliphatic carbocycles. The number of aliphatic carboxylic acids is 1. The summed E-state index contributed by atoms with van der Waals surface area (Å²) in [6, 6.07) is 1.95. The molecule has 0 atom stereocenters. The van der Waals surface area contributed by atoms with Crippen LogP contribution in [0.3, 0.4) is 0 Å². The standard InChI is InChI=1S/C11H12O2.C4H6O3/c1-7(2)10-6-8-4-3-5-9(12)11(8)13-10;1-7-3-2-4(5)6/h3-4,6-7H,5H2,1-2H3;2-3H,1H3,(H,5,6)/b;3-2+. The Balaban J connectivity index is 0.000000246. The Morgan fingerprint density at radius 1 is 1.50 bits per heavy atom. The Bertz CT molecular complexity index is 534. The fourth-order valence-electron chi connectivity index (χ4n) is 1.56. The highest BCUT2D eigenvalue weighted by Crippen LogP contribution is 2.26. The van der Waals surface area contributed by atoms with Crippen LogP contribution in [0, 0.1) is 0 Å². The summed E-state index contributed by atoms with van der Waals surface area (Å²) in [5.74, 6) is 0.856. The van der Waals surface area contributed by atoms with E-state index in [1.165, 1.54) is 7.11 Å². The number of carboxylic acid groups (broad SMARTS) is 1. The van der Waals surface area contributed by atoms with Gasteiger partial charge in [0.2, 0.25) is 5.78 Å². The zero-order valence-electron chi connectivity index (χ0n) is 11.8. The van der Waals surface area contributed by atoms with E-state index in [0.717, 1.165) is 23.7 Å². The molecule has 1 heterocycles. The fourth-order valence-corrected chi connectivity index (χ4v) is 1.56. The Labute approximate surface area is 117 Å². The zero-order valence-corrected chi connectivity index (χ0v) is 11.8. The molecule has 1 aromatic heterocycles. The van der Waals surface area contributed by atoms with E-state index in [0.29, 0.717) is 18.1 Å². The maximum Gasteiger partial charge on any atom is 0.331 e. The van der Waals surface area contributed by atoms with E-state index in [4.69, 9.17) is 9.52 Å². The van der Waals surface area contributed by atoms with Crippen molar-refractivity contribution in [3.63, 3.8) is 0 Å². The van der Waals surface area contributed by atoms with Gasteiger partial charge in [0, 0.05) is 17.9 Å². The molecule has 0 aliphatic heterocycles. The van der Waals surface area contributed by atoms with Gasteiger partial charge in [0.15, 0.2) is 5.76 Å². The fraction of sp³-hybridized carbons (Fsp3) is 0.333. The highest BCUT2D eigenvalue weighted by molar-refractivity contribution is 6.00. The van der Waals surface area contributed by atoms with Crippen molar-refractivity contribution in [2.75, 3.05) is 7.11 Å². The first kappa shape index (κ1) is 15.8. The van der Waals surface area contributed by atoms with Crippen molar-refractivity contribution >= 4 is 17.8 Å². The maximum atomic E-state index is 11.4. The van der Waals surface area contributed by atoms with Crippen molar-refractivity contribution < 1.29 is 23.8 Å². The van der Waals surface area contributed by atoms with Gasteiger partial charge in [-0.05, 0) is 6.07 Å². The third kappa shape index (κ3) is 4.42. The highest BCUT2D eigenvalue weighted by atomic mass is 16.5. The lowest BCUT2D eigenvalue weighted by Gasteiger charge is -2.00. The zero-order chi connectivity index (χ0) is 15.1. The molecule has 108 valence electrons. The molecule has 2 rings (SSSR count). The number of methoxy groups -OCH3 is 1. The van der Waals surface area contributed by atoms with Crippen molar-refractivity contribution in [2.24, 2.45) is 0 Å². The number of carbonyl (C=O) groups is 2. The third-order valence-electron chi connectivity index (χ3n) is 2.55. The summed E-state index contributed by atoms with van der Waals surface area (Å²) in [5.41, 5.74) is 0.931. The monoisotopic (exact) mass is 278 g/mol. The van der Waals surface area contributed by atoms with E-state index in [1.54, 1.807) is 0 Å². The van der Waals surface area contributed by atoms with E-state index in [1.807, 2.05) is 18.2 Å². The Hall–Kier alpha value is -2.30.